The van der Waals surface area contributed by atoms with Crippen LogP contribution in [0.4, 0.5) is 0 Å². The summed E-state index contributed by atoms with van der Waals surface area (Å²) >= 11 is 0. The van der Waals surface area contributed by atoms with E-state index in [0.717, 1.165) is 31.1 Å². The highest BCUT2D eigenvalue weighted by Crippen LogP contribution is 2.34. The van der Waals surface area contributed by atoms with Gasteiger partial charge in [-0.2, -0.15) is 0 Å². The first-order chi connectivity index (χ1) is 13.7. The maximum atomic E-state index is 12.5. The third-order valence-corrected chi connectivity index (χ3v) is 6.27. The molecule has 2 aliphatic heterocycles. The smallest absolute Gasteiger partial charge is 0.245 e. The summed E-state index contributed by atoms with van der Waals surface area (Å²) < 4.78 is 8.70. The average Bonchev–Trinajstić information content (AvgIpc) is 3.27. The third-order valence-electron chi connectivity index (χ3n) is 6.27. The van der Waals surface area contributed by atoms with Gasteiger partial charge in [0.2, 0.25) is 11.8 Å². The zero-order valence-electron chi connectivity index (χ0n) is 16.1. The summed E-state index contributed by atoms with van der Waals surface area (Å²) in [7, 11) is 0. The summed E-state index contributed by atoms with van der Waals surface area (Å²) in [5.74, 6) is 1.83. The van der Waals surface area contributed by atoms with Crippen molar-refractivity contribution in [3.63, 3.8) is 0 Å². The van der Waals surface area contributed by atoms with Crippen LogP contribution in [0, 0.1) is 5.92 Å². The SMILES string of the molecule is O=C1CCC(C(=O)N2CCC(Oc3cccc4c3ccn4CC3CC3)CC2)N1. The van der Waals surface area contributed by atoms with Crippen LogP contribution in [0.1, 0.15) is 38.5 Å². The number of nitrogens with zero attached hydrogens (tertiary/aromatic N) is 2. The average molecular weight is 381 g/mol. The molecule has 2 aromatic rings. The molecule has 148 valence electrons. The highest BCUT2D eigenvalue weighted by Gasteiger charge is 2.33. The lowest BCUT2D eigenvalue weighted by Gasteiger charge is -2.33. The zero-order chi connectivity index (χ0) is 19.1. The van der Waals surface area contributed by atoms with Gasteiger partial charge in [-0.15, -0.1) is 0 Å². The lowest BCUT2D eigenvalue weighted by atomic mass is 10.1. The summed E-state index contributed by atoms with van der Waals surface area (Å²) in [6.07, 6.45) is 7.72. The fourth-order valence-corrected chi connectivity index (χ4v) is 4.43. The van der Waals surface area contributed by atoms with Crippen LogP contribution in [0.2, 0.25) is 0 Å². The molecule has 1 saturated carbocycles. The van der Waals surface area contributed by atoms with Crippen molar-refractivity contribution in [2.24, 2.45) is 5.92 Å². The Morgan fingerprint density at radius 2 is 1.93 bits per heavy atom. The zero-order valence-corrected chi connectivity index (χ0v) is 16.1. The molecule has 3 fully saturated rings. The highest BCUT2D eigenvalue weighted by molar-refractivity contribution is 5.91. The maximum absolute atomic E-state index is 12.5. The van der Waals surface area contributed by atoms with Crippen molar-refractivity contribution in [1.29, 1.82) is 0 Å². The number of benzene rings is 1. The Morgan fingerprint density at radius 3 is 2.64 bits per heavy atom. The number of aromatic nitrogens is 1. The van der Waals surface area contributed by atoms with Gasteiger partial charge in [0, 0.05) is 50.5 Å². The van der Waals surface area contributed by atoms with E-state index in [-0.39, 0.29) is 24.0 Å². The van der Waals surface area contributed by atoms with Crippen LogP contribution in [0.3, 0.4) is 0 Å². The number of hydrogen-bond acceptors (Lipinski definition) is 3. The van der Waals surface area contributed by atoms with E-state index < -0.39 is 0 Å². The molecular formula is C22H27N3O3. The van der Waals surface area contributed by atoms with Crippen molar-refractivity contribution in [3.05, 3.63) is 30.5 Å². The Hall–Kier alpha value is -2.50. The second kappa shape index (κ2) is 7.15. The minimum absolute atomic E-state index is 0.0155. The number of carbonyl (C=O) groups excluding carboxylic acids is 2. The van der Waals surface area contributed by atoms with Gasteiger partial charge in [-0.25, -0.2) is 0 Å². The summed E-state index contributed by atoms with van der Waals surface area (Å²) in [6.45, 7) is 2.48. The summed E-state index contributed by atoms with van der Waals surface area (Å²) in [5, 5.41) is 3.95. The molecule has 6 nitrogen and oxygen atoms in total. The molecule has 0 spiro atoms. The summed E-state index contributed by atoms with van der Waals surface area (Å²) in [5.41, 5.74) is 1.24. The van der Waals surface area contributed by atoms with Crippen molar-refractivity contribution in [3.8, 4) is 5.75 Å². The van der Waals surface area contributed by atoms with Crippen LogP contribution in [0.15, 0.2) is 30.5 Å². The Bertz CT molecular complexity index is 894. The number of nitrogens with one attached hydrogen (secondary N) is 1. The van der Waals surface area contributed by atoms with Crippen molar-refractivity contribution < 1.29 is 14.3 Å². The normalized spacial score (nSPS) is 23.2. The number of amides is 2. The molecule has 1 aromatic heterocycles. The van der Waals surface area contributed by atoms with Crippen molar-refractivity contribution in [1.82, 2.24) is 14.8 Å². The topological polar surface area (TPSA) is 63.6 Å². The molecule has 1 aromatic carbocycles. The molecule has 0 radical (unpaired) electrons. The number of piperidine rings is 1. The summed E-state index contributed by atoms with van der Waals surface area (Å²) in [6, 6.07) is 8.12. The highest BCUT2D eigenvalue weighted by atomic mass is 16.5. The van der Waals surface area contributed by atoms with E-state index in [4.69, 9.17) is 4.74 Å². The largest absolute Gasteiger partial charge is 0.490 e. The van der Waals surface area contributed by atoms with Crippen LogP contribution < -0.4 is 10.1 Å². The lowest BCUT2D eigenvalue weighted by molar-refractivity contribution is -0.136. The number of fused-ring (bicyclic) bond motifs is 1. The van der Waals surface area contributed by atoms with Gasteiger partial charge in [-0.05, 0) is 43.4 Å². The van der Waals surface area contributed by atoms with E-state index in [0.29, 0.717) is 25.9 Å². The third kappa shape index (κ3) is 3.48. The van der Waals surface area contributed by atoms with Crippen LogP contribution in [-0.4, -0.2) is 46.5 Å². The van der Waals surface area contributed by atoms with E-state index in [9.17, 15) is 9.59 Å². The van der Waals surface area contributed by atoms with E-state index in [1.54, 1.807) is 0 Å². The minimum Gasteiger partial charge on any atom is -0.490 e. The first-order valence-electron chi connectivity index (χ1n) is 10.5. The molecule has 3 heterocycles. The second-order valence-electron chi connectivity index (χ2n) is 8.40. The molecule has 3 aliphatic rings. The van der Waals surface area contributed by atoms with E-state index in [1.165, 1.54) is 23.7 Å². The Kier molecular flexibility index (Phi) is 4.49. The fraction of sp³-hybridized carbons (Fsp3) is 0.545. The second-order valence-corrected chi connectivity index (χ2v) is 8.40. The Balaban J connectivity index is 1.21. The molecule has 6 heteroatoms. The number of rotatable bonds is 5. The van der Waals surface area contributed by atoms with Crippen LogP contribution in [0.5, 0.6) is 5.75 Å². The standard InChI is InChI=1S/C22H27N3O3/c26-21-7-6-18(23-21)22(27)24-11-8-16(9-12-24)28-20-3-1-2-19-17(20)10-13-25(19)14-15-4-5-15/h1-3,10,13,15-16,18H,4-9,11-12,14H2,(H,23,26). The van der Waals surface area contributed by atoms with Gasteiger partial charge >= 0.3 is 0 Å². The van der Waals surface area contributed by atoms with Gasteiger partial charge < -0.3 is 19.5 Å². The van der Waals surface area contributed by atoms with Crippen LogP contribution in [-0.2, 0) is 16.1 Å². The summed E-state index contributed by atoms with van der Waals surface area (Å²) in [4.78, 5) is 25.8. The first kappa shape index (κ1) is 17.6. The van der Waals surface area contributed by atoms with Crippen LogP contribution >= 0.6 is 0 Å². The molecule has 1 atom stereocenters. The Labute approximate surface area is 164 Å². The van der Waals surface area contributed by atoms with E-state index in [1.807, 2.05) is 4.90 Å². The van der Waals surface area contributed by atoms with Gasteiger partial charge in [-0.3, -0.25) is 9.59 Å². The number of carbonyl (C=O) groups is 2. The van der Waals surface area contributed by atoms with E-state index in [2.05, 4.69) is 40.3 Å². The molecule has 1 N–H and O–H groups in total. The van der Waals surface area contributed by atoms with E-state index >= 15 is 0 Å². The van der Waals surface area contributed by atoms with Gasteiger partial charge in [0.15, 0.2) is 0 Å². The Morgan fingerprint density at radius 1 is 1.11 bits per heavy atom. The molecule has 0 bridgehead atoms. The van der Waals surface area contributed by atoms with Crippen LogP contribution in [0.25, 0.3) is 10.9 Å². The molecule has 2 amide bonds. The van der Waals surface area contributed by atoms with Gasteiger partial charge in [0.25, 0.3) is 0 Å². The number of hydrogen-bond donors (Lipinski definition) is 1. The van der Waals surface area contributed by atoms with Gasteiger partial charge in [0.1, 0.15) is 17.9 Å². The monoisotopic (exact) mass is 381 g/mol. The first-order valence-corrected chi connectivity index (χ1v) is 10.5. The number of ether oxygens (including phenoxy) is 1. The van der Waals surface area contributed by atoms with Crippen molar-refractivity contribution in [2.45, 2.75) is 57.2 Å². The predicted octanol–water partition coefficient (Wildman–Crippen LogP) is 2.70. The molecular weight excluding hydrogens is 354 g/mol. The molecule has 1 unspecified atom stereocenters. The quantitative estimate of drug-likeness (QED) is 0.866. The van der Waals surface area contributed by atoms with Gasteiger partial charge in [0.05, 0.1) is 5.52 Å². The number of likely N-dealkylation sites (tertiary alicyclic amines) is 1. The fourth-order valence-electron chi connectivity index (χ4n) is 4.43. The molecule has 1 aliphatic carbocycles. The predicted molar refractivity (Wildman–Crippen MR) is 106 cm³/mol. The molecule has 5 rings (SSSR count). The van der Waals surface area contributed by atoms with Gasteiger partial charge in [-0.1, -0.05) is 6.07 Å². The van der Waals surface area contributed by atoms with Crippen molar-refractivity contribution >= 4 is 22.7 Å². The maximum Gasteiger partial charge on any atom is 0.245 e. The lowest BCUT2D eigenvalue weighted by Crippen LogP contribution is -2.49. The molecule has 2 saturated heterocycles. The minimum atomic E-state index is -0.329. The molecule has 28 heavy (non-hydrogen) atoms. The van der Waals surface area contributed by atoms with Crippen molar-refractivity contribution in [2.75, 3.05) is 13.1 Å².